The van der Waals surface area contributed by atoms with Crippen molar-refractivity contribution in [1.82, 2.24) is 4.98 Å². The maximum absolute atomic E-state index is 11.9. The molecule has 0 bridgehead atoms. The molecule has 0 saturated heterocycles. The van der Waals surface area contributed by atoms with E-state index in [1.165, 1.54) is 0 Å². The van der Waals surface area contributed by atoms with Crippen LogP contribution in [0.4, 0.5) is 13.2 Å². The second-order valence-corrected chi connectivity index (χ2v) is 3.57. The standard InChI is InChI=1S/C11H15F3N2O/c12-11(13,14)5-3-7-17-10(8-15)9-4-1-2-6-16-9/h1-2,4,6,10H,3,5,7-8,15H2. The lowest BCUT2D eigenvalue weighted by atomic mass is 10.2. The molecule has 3 nitrogen and oxygen atoms in total. The Hall–Kier alpha value is -1.14. The van der Waals surface area contributed by atoms with Crippen molar-refractivity contribution in [2.24, 2.45) is 5.73 Å². The molecule has 1 aromatic rings. The highest BCUT2D eigenvalue weighted by Gasteiger charge is 2.26. The van der Waals surface area contributed by atoms with Crippen LogP contribution in [-0.2, 0) is 4.74 Å². The zero-order chi connectivity index (χ0) is 12.7. The summed E-state index contributed by atoms with van der Waals surface area (Å²) in [4.78, 5) is 4.05. The van der Waals surface area contributed by atoms with Crippen LogP contribution in [-0.4, -0.2) is 24.3 Å². The van der Waals surface area contributed by atoms with Crippen LogP contribution in [0.2, 0.25) is 0 Å². The summed E-state index contributed by atoms with van der Waals surface area (Å²) in [7, 11) is 0. The van der Waals surface area contributed by atoms with Crippen LogP contribution in [0.3, 0.4) is 0 Å². The van der Waals surface area contributed by atoms with Crippen LogP contribution < -0.4 is 5.73 Å². The Kier molecular flexibility index (Phi) is 5.37. The summed E-state index contributed by atoms with van der Waals surface area (Å²) < 4.78 is 41.0. The molecule has 1 aromatic heterocycles. The van der Waals surface area contributed by atoms with Gasteiger partial charge >= 0.3 is 6.18 Å². The fourth-order valence-corrected chi connectivity index (χ4v) is 1.34. The molecular weight excluding hydrogens is 233 g/mol. The molecule has 1 rings (SSSR count). The third kappa shape index (κ3) is 5.65. The maximum Gasteiger partial charge on any atom is 0.389 e. The predicted molar refractivity (Wildman–Crippen MR) is 57.3 cm³/mol. The molecule has 0 aliphatic carbocycles. The van der Waals surface area contributed by atoms with Gasteiger partial charge in [-0.1, -0.05) is 6.07 Å². The molecule has 0 saturated carbocycles. The van der Waals surface area contributed by atoms with Gasteiger partial charge < -0.3 is 10.5 Å². The minimum Gasteiger partial charge on any atom is -0.371 e. The highest BCUT2D eigenvalue weighted by Crippen LogP contribution is 2.22. The topological polar surface area (TPSA) is 48.1 Å². The van der Waals surface area contributed by atoms with Gasteiger partial charge in [0.2, 0.25) is 0 Å². The Morgan fingerprint density at radius 3 is 2.65 bits per heavy atom. The van der Waals surface area contributed by atoms with Gasteiger partial charge in [-0.25, -0.2) is 0 Å². The normalized spacial score (nSPS) is 13.6. The largest absolute Gasteiger partial charge is 0.389 e. The van der Waals surface area contributed by atoms with E-state index in [0.717, 1.165) is 0 Å². The number of alkyl halides is 3. The van der Waals surface area contributed by atoms with Crippen molar-refractivity contribution in [3.63, 3.8) is 0 Å². The van der Waals surface area contributed by atoms with Crippen LogP contribution in [0.1, 0.15) is 24.6 Å². The van der Waals surface area contributed by atoms with Crippen molar-refractivity contribution in [2.75, 3.05) is 13.2 Å². The molecule has 0 fully saturated rings. The molecule has 0 radical (unpaired) electrons. The third-order valence-electron chi connectivity index (χ3n) is 2.16. The molecule has 0 aromatic carbocycles. The maximum atomic E-state index is 11.9. The Bertz CT molecular complexity index is 316. The van der Waals surface area contributed by atoms with Crippen molar-refractivity contribution in [2.45, 2.75) is 25.1 Å². The molecule has 1 heterocycles. The first kappa shape index (κ1) is 13.9. The van der Waals surface area contributed by atoms with Gasteiger partial charge in [-0.05, 0) is 18.6 Å². The molecule has 0 spiro atoms. The molecular formula is C11H15F3N2O. The fraction of sp³-hybridized carbons (Fsp3) is 0.545. The highest BCUT2D eigenvalue weighted by atomic mass is 19.4. The number of hydrogen-bond acceptors (Lipinski definition) is 3. The first-order valence-corrected chi connectivity index (χ1v) is 5.32. The molecule has 17 heavy (non-hydrogen) atoms. The van der Waals surface area contributed by atoms with Crippen LogP contribution in [0.15, 0.2) is 24.4 Å². The van der Waals surface area contributed by atoms with Gasteiger partial charge in [-0.15, -0.1) is 0 Å². The van der Waals surface area contributed by atoms with Crippen molar-refractivity contribution in [1.29, 1.82) is 0 Å². The first-order chi connectivity index (χ1) is 8.03. The van der Waals surface area contributed by atoms with E-state index >= 15 is 0 Å². The van der Waals surface area contributed by atoms with Gasteiger partial charge in [0.25, 0.3) is 0 Å². The second-order valence-electron chi connectivity index (χ2n) is 3.57. The lowest BCUT2D eigenvalue weighted by Crippen LogP contribution is -2.18. The molecule has 1 unspecified atom stereocenters. The van der Waals surface area contributed by atoms with Crippen LogP contribution in [0.25, 0.3) is 0 Å². The Labute approximate surface area is 97.8 Å². The van der Waals surface area contributed by atoms with Gasteiger partial charge in [0, 0.05) is 25.8 Å². The van der Waals surface area contributed by atoms with Crippen LogP contribution in [0, 0.1) is 0 Å². The quantitative estimate of drug-likeness (QED) is 0.786. The van der Waals surface area contributed by atoms with Crippen molar-refractivity contribution in [3.8, 4) is 0 Å². The van der Waals surface area contributed by atoms with Crippen LogP contribution >= 0.6 is 0 Å². The smallest absolute Gasteiger partial charge is 0.371 e. The van der Waals surface area contributed by atoms with Gasteiger partial charge in [-0.2, -0.15) is 13.2 Å². The Morgan fingerprint density at radius 1 is 1.35 bits per heavy atom. The van der Waals surface area contributed by atoms with E-state index in [-0.39, 0.29) is 19.6 Å². The van der Waals surface area contributed by atoms with Gasteiger partial charge in [-0.3, -0.25) is 4.98 Å². The average molecular weight is 248 g/mol. The van der Waals surface area contributed by atoms with E-state index in [1.54, 1.807) is 24.4 Å². The summed E-state index contributed by atoms with van der Waals surface area (Å²) in [5.41, 5.74) is 6.13. The first-order valence-electron chi connectivity index (χ1n) is 5.32. The number of nitrogens with two attached hydrogens (primary N) is 1. The van der Waals surface area contributed by atoms with Crippen molar-refractivity contribution >= 4 is 0 Å². The predicted octanol–water partition coefficient (Wildman–Crippen LogP) is 2.44. The average Bonchev–Trinajstić information content (AvgIpc) is 2.29. The number of halogens is 3. The van der Waals surface area contributed by atoms with E-state index in [4.69, 9.17) is 10.5 Å². The van der Waals surface area contributed by atoms with Gasteiger partial charge in [0.1, 0.15) is 6.10 Å². The number of ether oxygens (including phenoxy) is 1. The Morgan fingerprint density at radius 2 is 2.12 bits per heavy atom. The lowest BCUT2D eigenvalue weighted by molar-refractivity contribution is -0.138. The number of aromatic nitrogens is 1. The molecule has 6 heteroatoms. The minimum atomic E-state index is -4.13. The van der Waals surface area contributed by atoms with Crippen molar-refractivity contribution in [3.05, 3.63) is 30.1 Å². The van der Waals surface area contributed by atoms with Crippen molar-refractivity contribution < 1.29 is 17.9 Å². The SMILES string of the molecule is NCC(OCCCC(F)(F)F)c1ccccn1. The summed E-state index contributed by atoms with van der Waals surface area (Å²) in [6, 6.07) is 5.27. The number of nitrogens with zero attached hydrogens (tertiary/aromatic N) is 1. The van der Waals surface area contributed by atoms with E-state index in [1.807, 2.05) is 0 Å². The molecule has 0 aliphatic rings. The summed E-state index contributed by atoms with van der Waals surface area (Å²) in [5.74, 6) is 0. The molecule has 1 atom stereocenters. The lowest BCUT2D eigenvalue weighted by Gasteiger charge is -2.15. The Balaban J connectivity index is 2.34. The van der Waals surface area contributed by atoms with E-state index < -0.39 is 18.7 Å². The number of rotatable bonds is 6. The monoisotopic (exact) mass is 248 g/mol. The second kappa shape index (κ2) is 6.56. The van der Waals surface area contributed by atoms with Gasteiger partial charge in [0.15, 0.2) is 0 Å². The summed E-state index contributed by atoms with van der Waals surface area (Å²) in [6.07, 6.45) is -3.88. The van der Waals surface area contributed by atoms with Crippen LogP contribution in [0.5, 0.6) is 0 Å². The molecule has 0 amide bonds. The minimum absolute atomic E-state index is 0.0257. The fourth-order valence-electron chi connectivity index (χ4n) is 1.34. The van der Waals surface area contributed by atoms with Gasteiger partial charge in [0.05, 0.1) is 5.69 Å². The number of hydrogen-bond donors (Lipinski definition) is 1. The molecule has 0 aliphatic heterocycles. The van der Waals surface area contributed by atoms with E-state index in [9.17, 15) is 13.2 Å². The summed E-state index contributed by atoms with van der Waals surface area (Å²) in [5, 5.41) is 0. The zero-order valence-corrected chi connectivity index (χ0v) is 9.28. The zero-order valence-electron chi connectivity index (χ0n) is 9.28. The van der Waals surface area contributed by atoms with E-state index in [2.05, 4.69) is 4.98 Å². The molecule has 96 valence electrons. The summed E-state index contributed by atoms with van der Waals surface area (Å²) in [6.45, 7) is 0.223. The number of pyridine rings is 1. The third-order valence-corrected chi connectivity index (χ3v) is 2.16. The summed E-state index contributed by atoms with van der Waals surface area (Å²) >= 11 is 0. The molecule has 2 N–H and O–H groups in total. The highest BCUT2D eigenvalue weighted by molar-refractivity contribution is 5.07. The van der Waals surface area contributed by atoms with E-state index in [0.29, 0.717) is 5.69 Å².